The average Bonchev–Trinajstić information content (AvgIpc) is 3.90. The first-order valence-corrected chi connectivity index (χ1v) is 21.7. The lowest BCUT2D eigenvalue weighted by Gasteiger charge is -2.26. The first kappa shape index (κ1) is 34.0. The van der Waals surface area contributed by atoms with Crippen molar-refractivity contribution < 1.29 is 0 Å². The van der Waals surface area contributed by atoms with Crippen LogP contribution in [0.4, 0.5) is 17.1 Å². The molecular formula is C56H35NS2. The van der Waals surface area contributed by atoms with Crippen molar-refractivity contribution in [2.45, 2.75) is 0 Å². The number of fused-ring (bicyclic) bond motifs is 10. The molecule has 0 N–H and O–H groups in total. The van der Waals surface area contributed by atoms with Crippen molar-refractivity contribution in [2.75, 3.05) is 4.90 Å². The van der Waals surface area contributed by atoms with Crippen molar-refractivity contribution in [3.8, 4) is 33.4 Å². The molecule has 0 atom stereocenters. The molecule has 12 rings (SSSR count). The van der Waals surface area contributed by atoms with E-state index in [2.05, 4.69) is 217 Å². The van der Waals surface area contributed by atoms with Crippen LogP contribution in [0.2, 0.25) is 0 Å². The summed E-state index contributed by atoms with van der Waals surface area (Å²) in [5.74, 6) is 0. The van der Waals surface area contributed by atoms with E-state index in [0.29, 0.717) is 0 Å². The summed E-state index contributed by atoms with van der Waals surface area (Å²) in [5, 5.41) is 10.5. The minimum atomic E-state index is 1.11. The monoisotopic (exact) mass is 785 g/mol. The fourth-order valence-electron chi connectivity index (χ4n) is 8.97. The number of rotatable bonds is 6. The molecule has 0 spiro atoms. The van der Waals surface area contributed by atoms with Crippen molar-refractivity contribution in [1.82, 2.24) is 0 Å². The van der Waals surface area contributed by atoms with Crippen LogP contribution in [0.3, 0.4) is 0 Å². The first-order chi connectivity index (χ1) is 29.2. The third-order valence-electron chi connectivity index (χ3n) is 11.9. The van der Waals surface area contributed by atoms with Gasteiger partial charge in [0, 0.05) is 57.4 Å². The SMILES string of the molecule is c1ccc(-c2ccc(N(c3ccc(-c4cccc5c4sc4c6ccccc6ccc54)cc3)c3ccc(-c4cccc5c4sc4c6ccccc6ccc54)cc3)cc2)cc1. The van der Waals surface area contributed by atoms with E-state index in [0.717, 1.165) is 17.1 Å². The van der Waals surface area contributed by atoms with Gasteiger partial charge < -0.3 is 4.90 Å². The standard InChI is InChI=1S/C56H35NS2/c1-2-10-36(11-3-1)37-20-28-42(29-21-37)57(43-30-22-40(23-31-43)47-16-8-18-49-51-34-26-38-12-4-6-14-45(38)55(51)58-53(47)49)44-32-24-41(25-33-44)48-17-9-19-50-52-35-27-39-13-5-7-15-46(39)56(52)59-54(48)50/h1-35H. The van der Waals surface area contributed by atoms with Gasteiger partial charge in [-0.3, -0.25) is 0 Å². The first-order valence-electron chi connectivity index (χ1n) is 20.1. The quantitative estimate of drug-likeness (QED) is 0.162. The number of thiophene rings is 2. The number of hydrogen-bond acceptors (Lipinski definition) is 3. The van der Waals surface area contributed by atoms with Crippen molar-refractivity contribution in [2.24, 2.45) is 0 Å². The van der Waals surface area contributed by atoms with Gasteiger partial charge in [-0.2, -0.15) is 0 Å². The van der Waals surface area contributed by atoms with E-state index < -0.39 is 0 Å². The summed E-state index contributed by atoms with van der Waals surface area (Å²) in [6.45, 7) is 0. The van der Waals surface area contributed by atoms with Crippen LogP contribution in [0, 0.1) is 0 Å². The zero-order valence-electron chi connectivity index (χ0n) is 32.0. The molecule has 0 amide bonds. The molecule has 1 nitrogen and oxygen atoms in total. The Labute approximate surface area is 350 Å². The van der Waals surface area contributed by atoms with Gasteiger partial charge >= 0.3 is 0 Å². The van der Waals surface area contributed by atoms with Crippen molar-refractivity contribution in [3.05, 3.63) is 212 Å². The second-order valence-electron chi connectivity index (χ2n) is 15.2. The minimum Gasteiger partial charge on any atom is -0.311 e. The van der Waals surface area contributed by atoms with E-state index in [9.17, 15) is 0 Å². The van der Waals surface area contributed by atoms with E-state index in [-0.39, 0.29) is 0 Å². The summed E-state index contributed by atoms with van der Waals surface area (Å²) in [6.07, 6.45) is 0. The van der Waals surface area contributed by atoms with Crippen LogP contribution in [-0.4, -0.2) is 0 Å². The van der Waals surface area contributed by atoms with E-state index in [1.54, 1.807) is 0 Å². The Kier molecular flexibility index (Phi) is 7.97. The minimum absolute atomic E-state index is 1.11. The number of anilines is 3. The van der Waals surface area contributed by atoms with Crippen molar-refractivity contribution >= 4 is 102 Å². The zero-order valence-corrected chi connectivity index (χ0v) is 33.6. The molecule has 0 bridgehead atoms. The topological polar surface area (TPSA) is 3.24 Å². The summed E-state index contributed by atoms with van der Waals surface area (Å²) in [7, 11) is 0. The van der Waals surface area contributed by atoms with Crippen LogP contribution in [0.25, 0.3) is 95.3 Å². The molecule has 59 heavy (non-hydrogen) atoms. The summed E-state index contributed by atoms with van der Waals surface area (Å²) < 4.78 is 5.37. The molecule has 2 heterocycles. The predicted molar refractivity (Wildman–Crippen MR) is 258 cm³/mol. The fraction of sp³-hybridized carbons (Fsp3) is 0. The van der Waals surface area contributed by atoms with Crippen LogP contribution in [0.5, 0.6) is 0 Å². The van der Waals surface area contributed by atoms with Gasteiger partial charge in [-0.25, -0.2) is 0 Å². The van der Waals surface area contributed by atoms with Gasteiger partial charge in [0.15, 0.2) is 0 Å². The highest BCUT2D eigenvalue weighted by Gasteiger charge is 2.17. The van der Waals surface area contributed by atoms with E-state index in [4.69, 9.17) is 0 Å². The van der Waals surface area contributed by atoms with Gasteiger partial charge in [0.1, 0.15) is 0 Å². The average molecular weight is 786 g/mol. The summed E-state index contributed by atoms with van der Waals surface area (Å²) in [6, 6.07) is 77.9. The van der Waals surface area contributed by atoms with Gasteiger partial charge in [-0.15, -0.1) is 22.7 Å². The van der Waals surface area contributed by atoms with Crippen LogP contribution < -0.4 is 4.90 Å². The second-order valence-corrected chi connectivity index (χ2v) is 17.3. The molecule has 0 radical (unpaired) electrons. The van der Waals surface area contributed by atoms with Crippen LogP contribution >= 0.6 is 22.7 Å². The van der Waals surface area contributed by atoms with Gasteiger partial charge in [-0.05, 0) is 91.3 Å². The highest BCUT2D eigenvalue weighted by Crippen LogP contribution is 2.46. The highest BCUT2D eigenvalue weighted by atomic mass is 32.1. The molecule has 12 aromatic rings. The number of hydrogen-bond donors (Lipinski definition) is 0. The van der Waals surface area contributed by atoms with Crippen LogP contribution in [0.15, 0.2) is 212 Å². The molecule has 276 valence electrons. The normalized spacial score (nSPS) is 11.7. The third-order valence-corrected chi connectivity index (χ3v) is 14.5. The number of benzene rings is 10. The molecule has 0 aliphatic carbocycles. The van der Waals surface area contributed by atoms with Crippen LogP contribution in [-0.2, 0) is 0 Å². The maximum absolute atomic E-state index is 2.38. The molecule has 2 aromatic heterocycles. The molecule has 0 aliphatic heterocycles. The molecule has 10 aromatic carbocycles. The molecule has 0 unspecified atom stereocenters. The van der Waals surface area contributed by atoms with Gasteiger partial charge in [0.2, 0.25) is 0 Å². The van der Waals surface area contributed by atoms with E-state index in [1.807, 2.05) is 22.7 Å². The summed E-state index contributed by atoms with van der Waals surface area (Å²) in [5.41, 5.74) is 10.7. The molecule has 0 saturated heterocycles. The molecule has 3 heteroatoms. The Bertz CT molecular complexity index is 3330. The number of nitrogens with zero attached hydrogens (tertiary/aromatic N) is 1. The van der Waals surface area contributed by atoms with E-state index >= 15 is 0 Å². The molecule has 0 aliphatic rings. The van der Waals surface area contributed by atoms with Crippen molar-refractivity contribution in [1.29, 1.82) is 0 Å². The smallest absolute Gasteiger partial charge is 0.0462 e. The molecule has 0 fully saturated rings. The Morgan fingerprint density at radius 2 is 0.610 bits per heavy atom. The van der Waals surface area contributed by atoms with Crippen LogP contribution in [0.1, 0.15) is 0 Å². The Morgan fingerprint density at radius 3 is 1.08 bits per heavy atom. The second kappa shape index (κ2) is 13.8. The molecule has 0 saturated carbocycles. The molecular weight excluding hydrogens is 751 g/mol. The maximum Gasteiger partial charge on any atom is 0.0462 e. The summed E-state index contributed by atoms with van der Waals surface area (Å²) >= 11 is 3.82. The lowest BCUT2D eigenvalue weighted by Crippen LogP contribution is -2.09. The summed E-state index contributed by atoms with van der Waals surface area (Å²) in [4.78, 5) is 2.38. The lowest BCUT2D eigenvalue weighted by molar-refractivity contribution is 1.28. The van der Waals surface area contributed by atoms with Gasteiger partial charge in [0.05, 0.1) is 0 Å². The van der Waals surface area contributed by atoms with Crippen molar-refractivity contribution in [3.63, 3.8) is 0 Å². The zero-order chi connectivity index (χ0) is 38.9. The predicted octanol–water partition coefficient (Wildman–Crippen LogP) is 17.2. The van der Waals surface area contributed by atoms with E-state index in [1.165, 1.54) is 95.3 Å². The Balaban J connectivity index is 0.951. The van der Waals surface area contributed by atoms with Gasteiger partial charge in [-0.1, -0.05) is 176 Å². The fourth-order valence-corrected chi connectivity index (χ4v) is 11.7. The Morgan fingerprint density at radius 1 is 0.237 bits per heavy atom. The Hall–Kier alpha value is -7.04. The third kappa shape index (κ3) is 5.66. The van der Waals surface area contributed by atoms with Gasteiger partial charge in [0.25, 0.3) is 0 Å². The lowest BCUT2D eigenvalue weighted by atomic mass is 10.00. The highest BCUT2D eigenvalue weighted by molar-refractivity contribution is 7.27. The maximum atomic E-state index is 2.38. The largest absolute Gasteiger partial charge is 0.311 e.